The Labute approximate surface area is 254 Å². The Kier molecular flexibility index (Phi) is 30.5. The Bertz CT molecular complexity index is 564. The first-order valence-electron chi connectivity index (χ1n) is 15.5. The van der Waals surface area contributed by atoms with Gasteiger partial charge in [-0.05, 0) is 27.2 Å². The van der Waals surface area contributed by atoms with Crippen LogP contribution in [0.4, 0.5) is 4.79 Å². The van der Waals surface area contributed by atoms with Crippen LogP contribution in [0.15, 0.2) is 0 Å². The van der Waals surface area contributed by atoms with E-state index in [1.54, 1.807) is 7.05 Å². The first-order chi connectivity index (χ1) is 20.4. The number of rotatable bonds is 32. The normalized spacial score (nSPS) is 11.7. The van der Waals surface area contributed by atoms with Gasteiger partial charge in [-0.3, -0.25) is 0 Å². The lowest BCUT2D eigenvalue weighted by Crippen LogP contribution is -2.36. The molecule has 0 spiro atoms. The maximum atomic E-state index is 11.8. The fraction of sp³-hybridized carbons (Fsp3) is 0.967. The molecule has 0 saturated carbocycles. The van der Waals surface area contributed by atoms with E-state index in [4.69, 9.17) is 47.4 Å². The minimum absolute atomic E-state index is 0.360. The van der Waals surface area contributed by atoms with Crippen molar-refractivity contribution in [1.29, 1.82) is 0 Å². The molecule has 0 aliphatic rings. The summed E-state index contributed by atoms with van der Waals surface area (Å²) < 4.78 is 54.6. The summed E-state index contributed by atoms with van der Waals surface area (Å²) in [6, 6.07) is 0. The van der Waals surface area contributed by atoms with E-state index in [2.05, 4.69) is 6.92 Å². The molecule has 0 radical (unpaired) electrons. The molecule has 12 heteroatoms. The van der Waals surface area contributed by atoms with Crippen LogP contribution in [0, 0.1) is 0 Å². The average molecular weight is 612 g/mol. The van der Waals surface area contributed by atoms with Gasteiger partial charge in [0.25, 0.3) is 0 Å². The second-order valence-electron chi connectivity index (χ2n) is 10.5. The summed E-state index contributed by atoms with van der Waals surface area (Å²) in [7, 11) is 1.68. The van der Waals surface area contributed by atoms with Crippen molar-refractivity contribution >= 4 is 6.09 Å². The molecule has 0 aromatic heterocycles. The number of likely N-dealkylation sites (N-methyl/N-ethyl adjacent to an activating group) is 1. The SMILES string of the molecule is CCCCCCOCCOCCOCCOCCOCCOCCOCCOCCOCCN(C)C(=O)OC(C)(C)C. The minimum atomic E-state index is -0.505. The van der Waals surface area contributed by atoms with Gasteiger partial charge in [0.1, 0.15) is 5.60 Å². The Balaban J connectivity index is 3.15. The topological polar surface area (TPSA) is 113 Å². The van der Waals surface area contributed by atoms with Crippen LogP contribution in [0.5, 0.6) is 0 Å². The fourth-order valence-electron chi connectivity index (χ4n) is 3.12. The molecule has 1 amide bonds. The molecule has 0 unspecified atom stereocenters. The van der Waals surface area contributed by atoms with Gasteiger partial charge in [0.15, 0.2) is 0 Å². The quantitative estimate of drug-likeness (QED) is 0.104. The van der Waals surface area contributed by atoms with Crippen molar-refractivity contribution in [2.24, 2.45) is 0 Å². The van der Waals surface area contributed by atoms with Crippen LogP contribution < -0.4 is 0 Å². The second kappa shape index (κ2) is 31.3. The molecule has 0 aromatic carbocycles. The summed E-state index contributed by atoms with van der Waals surface area (Å²) in [6.07, 6.45) is 4.53. The molecule has 252 valence electrons. The lowest BCUT2D eigenvalue weighted by atomic mass is 10.2. The van der Waals surface area contributed by atoms with E-state index in [1.807, 2.05) is 20.8 Å². The Morgan fingerprint density at radius 2 is 0.786 bits per heavy atom. The first-order valence-corrected chi connectivity index (χ1v) is 15.5. The highest BCUT2D eigenvalue weighted by Gasteiger charge is 2.19. The van der Waals surface area contributed by atoms with Crippen LogP contribution in [0.3, 0.4) is 0 Å². The molecule has 0 atom stereocenters. The second-order valence-corrected chi connectivity index (χ2v) is 10.5. The van der Waals surface area contributed by atoms with Crippen molar-refractivity contribution in [2.45, 2.75) is 59.0 Å². The number of carbonyl (C=O) groups excluding carboxylic acids is 1. The fourth-order valence-corrected chi connectivity index (χ4v) is 3.12. The van der Waals surface area contributed by atoms with Crippen LogP contribution in [-0.2, 0) is 47.4 Å². The van der Waals surface area contributed by atoms with Crippen molar-refractivity contribution < 1.29 is 52.2 Å². The number of amides is 1. The summed E-state index contributed by atoms with van der Waals surface area (Å²) in [5.41, 5.74) is -0.505. The van der Waals surface area contributed by atoms with Crippen molar-refractivity contribution in [3.05, 3.63) is 0 Å². The van der Waals surface area contributed by atoms with Gasteiger partial charge in [-0.1, -0.05) is 26.2 Å². The van der Waals surface area contributed by atoms with Crippen molar-refractivity contribution in [2.75, 3.05) is 133 Å². The highest BCUT2D eigenvalue weighted by molar-refractivity contribution is 5.67. The molecule has 0 saturated heterocycles. The number of carbonyl (C=O) groups is 1. The van der Waals surface area contributed by atoms with Gasteiger partial charge < -0.3 is 52.3 Å². The maximum absolute atomic E-state index is 11.8. The van der Waals surface area contributed by atoms with Gasteiger partial charge in [0, 0.05) is 20.2 Å². The highest BCUT2D eigenvalue weighted by Crippen LogP contribution is 2.08. The Morgan fingerprint density at radius 1 is 0.476 bits per heavy atom. The zero-order valence-corrected chi connectivity index (χ0v) is 27.2. The zero-order valence-electron chi connectivity index (χ0n) is 27.2. The van der Waals surface area contributed by atoms with E-state index in [-0.39, 0.29) is 6.09 Å². The van der Waals surface area contributed by atoms with Crippen LogP contribution in [0.1, 0.15) is 53.4 Å². The third-order valence-corrected chi connectivity index (χ3v) is 5.39. The van der Waals surface area contributed by atoms with Gasteiger partial charge in [0.05, 0.1) is 112 Å². The van der Waals surface area contributed by atoms with E-state index in [0.717, 1.165) is 13.0 Å². The van der Waals surface area contributed by atoms with Crippen LogP contribution in [-0.4, -0.2) is 149 Å². The highest BCUT2D eigenvalue weighted by atomic mass is 16.6. The van der Waals surface area contributed by atoms with E-state index >= 15 is 0 Å². The van der Waals surface area contributed by atoms with E-state index < -0.39 is 5.60 Å². The molecule has 0 aliphatic carbocycles. The molecule has 0 aromatic rings. The molecular formula is C30H61NO11. The van der Waals surface area contributed by atoms with Crippen LogP contribution in [0.25, 0.3) is 0 Å². The number of unbranched alkanes of at least 4 members (excludes halogenated alkanes) is 3. The van der Waals surface area contributed by atoms with Crippen molar-refractivity contribution in [1.82, 2.24) is 4.90 Å². The smallest absolute Gasteiger partial charge is 0.410 e. The Morgan fingerprint density at radius 3 is 1.10 bits per heavy atom. The standard InChI is InChI=1S/C30H61NO11/c1-6-7-8-9-11-33-13-15-35-17-19-37-21-23-39-25-27-41-28-26-40-24-22-38-20-18-36-16-14-34-12-10-31(5)29(32)42-30(2,3)4/h6-28H2,1-5H3. The predicted molar refractivity (Wildman–Crippen MR) is 160 cm³/mol. The monoisotopic (exact) mass is 611 g/mol. The summed E-state index contributed by atoms with van der Waals surface area (Å²) in [6.45, 7) is 17.8. The summed E-state index contributed by atoms with van der Waals surface area (Å²) >= 11 is 0. The van der Waals surface area contributed by atoms with Gasteiger partial charge in [-0.25, -0.2) is 4.79 Å². The molecule has 42 heavy (non-hydrogen) atoms. The summed E-state index contributed by atoms with van der Waals surface area (Å²) in [5, 5.41) is 0. The third-order valence-electron chi connectivity index (χ3n) is 5.39. The molecule has 0 bridgehead atoms. The average Bonchev–Trinajstić information content (AvgIpc) is 2.95. The predicted octanol–water partition coefficient (Wildman–Crippen LogP) is 3.58. The van der Waals surface area contributed by atoms with Gasteiger partial charge in [-0.15, -0.1) is 0 Å². The van der Waals surface area contributed by atoms with E-state index in [0.29, 0.717) is 119 Å². The van der Waals surface area contributed by atoms with Gasteiger partial charge in [0.2, 0.25) is 0 Å². The van der Waals surface area contributed by atoms with Gasteiger partial charge in [-0.2, -0.15) is 0 Å². The molecule has 0 aliphatic heterocycles. The van der Waals surface area contributed by atoms with Crippen LogP contribution >= 0.6 is 0 Å². The number of hydrogen-bond acceptors (Lipinski definition) is 11. The van der Waals surface area contributed by atoms with E-state index in [9.17, 15) is 4.79 Å². The molecule has 0 fully saturated rings. The third kappa shape index (κ3) is 33.4. The first kappa shape index (κ1) is 40.9. The number of hydrogen-bond donors (Lipinski definition) is 0. The summed E-state index contributed by atoms with van der Waals surface area (Å²) in [4.78, 5) is 13.3. The maximum Gasteiger partial charge on any atom is 0.410 e. The largest absolute Gasteiger partial charge is 0.444 e. The van der Waals surface area contributed by atoms with E-state index in [1.165, 1.54) is 24.2 Å². The molecule has 0 rings (SSSR count). The lowest BCUT2D eigenvalue weighted by Gasteiger charge is -2.24. The molecule has 12 nitrogen and oxygen atoms in total. The Hall–Kier alpha value is -1.09. The molecular weight excluding hydrogens is 550 g/mol. The summed E-state index contributed by atoms with van der Waals surface area (Å²) in [5.74, 6) is 0. The lowest BCUT2D eigenvalue weighted by molar-refractivity contribution is -0.0254. The number of nitrogens with zero attached hydrogens (tertiary/aromatic N) is 1. The van der Waals surface area contributed by atoms with Gasteiger partial charge >= 0.3 is 6.09 Å². The molecule has 0 heterocycles. The minimum Gasteiger partial charge on any atom is -0.444 e. The van der Waals surface area contributed by atoms with Crippen LogP contribution in [0.2, 0.25) is 0 Å². The zero-order chi connectivity index (χ0) is 31.0. The van der Waals surface area contributed by atoms with Crippen molar-refractivity contribution in [3.63, 3.8) is 0 Å². The number of ether oxygens (including phenoxy) is 10. The molecule has 0 N–H and O–H groups in total. The van der Waals surface area contributed by atoms with Crippen molar-refractivity contribution in [3.8, 4) is 0 Å².